The van der Waals surface area contributed by atoms with Crippen LogP contribution in [0.1, 0.15) is 32.0 Å². The zero-order chi connectivity index (χ0) is 12.5. The van der Waals surface area contributed by atoms with Gasteiger partial charge in [0.05, 0.1) is 0 Å². The Morgan fingerprint density at radius 2 is 2.18 bits per heavy atom. The maximum atomic E-state index is 11.4. The average Bonchev–Trinajstić information content (AvgIpc) is 2.64. The molecule has 0 unspecified atom stereocenters. The predicted octanol–water partition coefficient (Wildman–Crippen LogP) is 1.90. The summed E-state index contributed by atoms with van der Waals surface area (Å²) in [4.78, 5) is 17.7. The number of pyridine rings is 1. The molecule has 1 fully saturated rings. The molecule has 4 heteroatoms. The number of urea groups is 1. The highest BCUT2D eigenvalue weighted by Crippen LogP contribution is 2.20. The minimum absolute atomic E-state index is 0.0184. The van der Waals surface area contributed by atoms with Crippen LogP contribution in [-0.4, -0.2) is 29.0 Å². The van der Waals surface area contributed by atoms with Crippen LogP contribution in [0.3, 0.4) is 0 Å². The summed E-state index contributed by atoms with van der Waals surface area (Å²) in [7, 11) is 0. The molecule has 4 nitrogen and oxygen atoms in total. The van der Waals surface area contributed by atoms with Gasteiger partial charge in [0, 0.05) is 36.9 Å². The molecule has 1 aliphatic rings. The zero-order valence-corrected chi connectivity index (χ0v) is 10.7. The molecule has 0 bridgehead atoms. The van der Waals surface area contributed by atoms with Crippen LogP contribution in [0.25, 0.3) is 0 Å². The van der Waals surface area contributed by atoms with Crippen LogP contribution in [0.2, 0.25) is 0 Å². The van der Waals surface area contributed by atoms with Crippen molar-refractivity contribution in [2.75, 3.05) is 13.1 Å². The molecule has 1 aromatic rings. The second-order valence-corrected chi connectivity index (χ2v) is 5.46. The van der Waals surface area contributed by atoms with Crippen LogP contribution in [-0.2, 0) is 12.0 Å². The molecule has 92 valence electrons. The lowest BCUT2D eigenvalue weighted by Crippen LogP contribution is -2.27. The number of hydrogen-bond donors (Lipinski definition) is 1. The van der Waals surface area contributed by atoms with Crippen LogP contribution in [0.4, 0.5) is 4.79 Å². The van der Waals surface area contributed by atoms with Crippen molar-refractivity contribution in [3.63, 3.8) is 0 Å². The van der Waals surface area contributed by atoms with Gasteiger partial charge in [0.15, 0.2) is 0 Å². The molecular formula is C13H19N3O. The number of rotatable bonds is 2. The summed E-state index contributed by atoms with van der Waals surface area (Å²) in [6.45, 7) is 8.59. The number of nitrogens with one attached hydrogen (secondary N) is 1. The lowest BCUT2D eigenvalue weighted by molar-refractivity contribution is 0.215. The topological polar surface area (TPSA) is 45.2 Å². The van der Waals surface area contributed by atoms with E-state index in [0.29, 0.717) is 6.54 Å². The number of hydrogen-bond acceptors (Lipinski definition) is 2. The van der Waals surface area contributed by atoms with E-state index < -0.39 is 0 Å². The maximum Gasteiger partial charge on any atom is 0.317 e. The SMILES string of the molecule is CC(C)(C)c1ccc(CN2CCNC2=O)cn1. The summed E-state index contributed by atoms with van der Waals surface area (Å²) in [5.41, 5.74) is 2.23. The largest absolute Gasteiger partial charge is 0.336 e. The van der Waals surface area contributed by atoms with Crippen molar-refractivity contribution in [1.29, 1.82) is 0 Å². The van der Waals surface area contributed by atoms with E-state index in [0.717, 1.165) is 24.3 Å². The van der Waals surface area contributed by atoms with Gasteiger partial charge in [-0.05, 0) is 11.6 Å². The molecule has 0 aromatic carbocycles. The quantitative estimate of drug-likeness (QED) is 0.848. The summed E-state index contributed by atoms with van der Waals surface area (Å²) in [5.74, 6) is 0. The molecule has 1 aromatic heterocycles. The molecule has 1 aliphatic heterocycles. The highest BCUT2D eigenvalue weighted by atomic mass is 16.2. The molecule has 17 heavy (non-hydrogen) atoms. The Labute approximate surface area is 102 Å². The monoisotopic (exact) mass is 233 g/mol. The Morgan fingerprint density at radius 1 is 1.41 bits per heavy atom. The summed E-state index contributed by atoms with van der Waals surface area (Å²) in [6, 6.07) is 4.12. The molecule has 0 atom stereocenters. The zero-order valence-electron chi connectivity index (χ0n) is 10.7. The average molecular weight is 233 g/mol. The summed E-state index contributed by atoms with van der Waals surface area (Å²) < 4.78 is 0. The van der Waals surface area contributed by atoms with Crippen LogP contribution in [0.15, 0.2) is 18.3 Å². The van der Waals surface area contributed by atoms with Gasteiger partial charge in [-0.3, -0.25) is 4.98 Å². The van der Waals surface area contributed by atoms with E-state index >= 15 is 0 Å². The summed E-state index contributed by atoms with van der Waals surface area (Å²) >= 11 is 0. The molecular weight excluding hydrogens is 214 g/mol. The number of amides is 2. The highest BCUT2D eigenvalue weighted by molar-refractivity contribution is 5.76. The molecule has 1 N–H and O–H groups in total. The van der Waals surface area contributed by atoms with Gasteiger partial charge in [0.25, 0.3) is 0 Å². The van der Waals surface area contributed by atoms with Gasteiger partial charge in [-0.15, -0.1) is 0 Å². The third kappa shape index (κ3) is 2.75. The molecule has 2 amide bonds. The number of nitrogens with zero attached hydrogens (tertiary/aromatic N) is 2. The molecule has 1 saturated heterocycles. The molecule has 0 radical (unpaired) electrons. The first kappa shape index (κ1) is 11.9. The van der Waals surface area contributed by atoms with Gasteiger partial charge >= 0.3 is 6.03 Å². The van der Waals surface area contributed by atoms with Crippen molar-refractivity contribution >= 4 is 6.03 Å². The van der Waals surface area contributed by atoms with Crippen LogP contribution in [0, 0.1) is 0 Å². The van der Waals surface area contributed by atoms with Gasteiger partial charge in [0.2, 0.25) is 0 Å². The lowest BCUT2D eigenvalue weighted by atomic mass is 9.91. The Bertz CT molecular complexity index is 406. The molecule has 2 heterocycles. The van der Waals surface area contributed by atoms with E-state index in [-0.39, 0.29) is 11.4 Å². The van der Waals surface area contributed by atoms with Crippen LogP contribution < -0.4 is 5.32 Å². The second kappa shape index (κ2) is 4.35. The fourth-order valence-electron chi connectivity index (χ4n) is 1.84. The van der Waals surface area contributed by atoms with Crippen molar-refractivity contribution in [3.05, 3.63) is 29.6 Å². The first-order valence-corrected chi connectivity index (χ1v) is 5.95. The van der Waals surface area contributed by atoms with E-state index in [4.69, 9.17) is 0 Å². The molecule has 0 saturated carbocycles. The van der Waals surface area contributed by atoms with Crippen molar-refractivity contribution in [2.45, 2.75) is 32.7 Å². The molecule has 0 spiro atoms. The van der Waals surface area contributed by atoms with Crippen molar-refractivity contribution in [1.82, 2.24) is 15.2 Å². The van der Waals surface area contributed by atoms with Gasteiger partial charge in [-0.25, -0.2) is 4.79 Å². The van der Waals surface area contributed by atoms with Crippen LogP contribution >= 0.6 is 0 Å². The third-order valence-corrected chi connectivity index (χ3v) is 2.91. The second-order valence-electron chi connectivity index (χ2n) is 5.46. The van der Waals surface area contributed by atoms with E-state index in [1.165, 1.54) is 0 Å². The van der Waals surface area contributed by atoms with Gasteiger partial charge < -0.3 is 10.2 Å². The number of carbonyl (C=O) groups is 1. The van der Waals surface area contributed by atoms with Crippen molar-refractivity contribution in [2.24, 2.45) is 0 Å². The van der Waals surface area contributed by atoms with E-state index in [1.807, 2.05) is 12.3 Å². The Morgan fingerprint density at radius 3 is 2.65 bits per heavy atom. The van der Waals surface area contributed by atoms with E-state index in [9.17, 15) is 4.79 Å². The van der Waals surface area contributed by atoms with Crippen molar-refractivity contribution < 1.29 is 4.79 Å². The Hall–Kier alpha value is -1.58. The minimum Gasteiger partial charge on any atom is -0.336 e. The van der Waals surface area contributed by atoms with Gasteiger partial charge in [-0.1, -0.05) is 26.8 Å². The van der Waals surface area contributed by atoms with E-state index in [1.54, 1.807) is 4.90 Å². The molecule has 0 aliphatic carbocycles. The van der Waals surface area contributed by atoms with Gasteiger partial charge in [0.1, 0.15) is 0 Å². The smallest absolute Gasteiger partial charge is 0.317 e. The summed E-state index contributed by atoms with van der Waals surface area (Å²) in [6.07, 6.45) is 1.87. The number of carbonyl (C=O) groups excluding carboxylic acids is 1. The standard InChI is InChI=1S/C13H19N3O/c1-13(2,3)11-5-4-10(8-15-11)9-16-7-6-14-12(16)17/h4-5,8H,6-7,9H2,1-3H3,(H,14,17). The van der Waals surface area contributed by atoms with Crippen molar-refractivity contribution in [3.8, 4) is 0 Å². The highest BCUT2D eigenvalue weighted by Gasteiger charge is 2.20. The third-order valence-electron chi connectivity index (χ3n) is 2.91. The number of aromatic nitrogens is 1. The summed E-state index contributed by atoms with van der Waals surface area (Å²) in [5, 5.41) is 2.79. The van der Waals surface area contributed by atoms with E-state index in [2.05, 4.69) is 37.1 Å². The lowest BCUT2D eigenvalue weighted by Gasteiger charge is -2.18. The first-order valence-electron chi connectivity index (χ1n) is 5.95. The maximum absolute atomic E-state index is 11.4. The normalized spacial score (nSPS) is 16.2. The molecule has 2 rings (SSSR count). The van der Waals surface area contributed by atoms with Gasteiger partial charge in [-0.2, -0.15) is 0 Å². The Kier molecular flexibility index (Phi) is 3.05. The minimum atomic E-state index is 0.0184. The van der Waals surface area contributed by atoms with Crippen LogP contribution in [0.5, 0.6) is 0 Å². The fourth-order valence-corrected chi connectivity index (χ4v) is 1.84. The Balaban J connectivity index is 2.06. The fraction of sp³-hybridized carbons (Fsp3) is 0.538. The predicted molar refractivity (Wildman–Crippen MR) is 66.7 cm³/mol. The first-order chi connectivity index (χ1) is 7.97.